The van der Waals surface area contributed by atoms with Crippen molar-refractivity contribution in [3.05, 3.63) is 0 Å². The van der Waals surface area contributed by atoms with Crippen LogP contribution >= 0.6 is 35.7 Å². The first kappa shape index (κ1) is 22.3. The highest BCUT2D eigenvalue weighted by atomic mass is 127. The van der Waals surface area contributed by atoms with Crippen LogP contribution in [-0.2, 0) is 0 Å². The van der Waals surface area contributed by atoms with Crippen LogP contribution in [0.2, 0.25) is 0 Å². The van der Waals surface area contributed by atoms with Crippen molar-refractivity contribution in [2.24, 2.45) is 4.99 Å². The van der Waals surface area contributed by atoms with Crippen molar-refractivity contribution in [2.45, 2.75) is 57.2 Å². The number of nitrogens with one attached hydrogen (secondary N) is 2. The third-order valence-electron chi connectivity index (χ3n) is 4.22. The Balaban J connectivity index is 0.00000441. The van der Waals surface area contributed by atoms with E-state index in [1.54, 1.807) is 0 Å². The lowest BCUT2D eigenvalue weighted by molar-refractivity contribution is 0.249. The van der Waals surface area contributed by atoms with Crippen LogP contribution < -0.4 is 10.6 Å². The van der Waals surface area contributed by atoms with E-state index < -0.39 is 0 Å². The zero-order valence-electron chi connectivity index (χ0n) is 14.9. The van der Waals surface area contributed by atoms with Gasteiger partial charge in [0.1, 0.15) is 0 Å². The first-order chi connectivity index (χ1) is 9.98. The van der Waals surface area contributed by atoms with Crippen LogP contribution in [0.25, 0.3) is 0 Å². The second-order valence-corrected chi connectivity index (χ2v) is 8.02. The van der Waals surface area contributed by atoms with Crippen molar-refractivity contribution >= 4 is 41.7 Å². The SMILES string of the molecule is CCNC(=NCC(C)(C)SC)NCCN(C)C1CCCC1.I. The number of aliphatic imine (C=N–C) groups is 1. The average Bonchev–Trinajstić information content (AvgIpc) is 2.99. The number of hydrogen-bond donors (Lipinski definition) is 2. The molecular weight excluding hydrogens is 407 g/mol. The van der Waals surface area contributed by atoms with Gasteiger partial charge in [0.2, 0.25) is 0 Å². The zero-order valence-corrected chi connectivity index (χ0v) is 18.1. The zero-order chi connectivity index (χ0) is 15.7. The van der Waals surface area contributed by atoms with E-state index in [0.29, 0.717) is 0 Å². The van der Waals surface area contributed by atoms with Crippen LogP contribution in [-0.4, -0.2) is 61.1 Å². The van der Waals surface area contributed by atoms with E-state index in [4.69, 9.17) is 4.99 Å². The molecular formula is C16H35IN4S. The topological polar surface area (TPSA) is 39.7 Å². The maximum Gasteiger partial charge on any atom is 0.191 e. The Morgan fingerprint density at radius 2 is 1.91 bits per heavy atom. The number of rotatable bonds is 8. The molecule has 6 heteroatoms. The molecule has 1 rings (SSSR count). The van der Waals surface area contributed by atoms with Gasteiger partial charge in [-0.2, -0.15) is 11.8 Å². The van der Waals surface area contributed by atoms with Gasteiger partial charge in [-0.05, 0) is 46.9 Å². The van der Waals surface area contributed by atoms with Crippen molar-refractivity contribution in [1.82, 2.24) is 15.5 Å². The van der Waals surface area contributed by atoms with Gasteiger partial charge in [0.05, 0.1) is 6.54 Å². The molecule has 1 aliphatic carbocycles. The van der Waals surface area contributed by atoms with Crippen LogP contribution in [0, 0.1) is 0 Å². The molecule has 0 heterocycles. The van der Waals surface area contributed by atoms with E-state index in [1.165, 1.54) is 25.7 Å². The minimum Gasteiger partial charge on any atom is -0.357 e. The van der Waals surface area contributed by atoms with Crippen molar-refractivity contribution in [1.29, 1.82) is 0 Å². The van der Waals surface area contributed by atoms with Crippen molar-refractivity contribution < 1.29 is 0 Å². The summed E-state index contributed by atoms with van der Waals surface area (Å²) < 4.78 is 0.197. The molecule has 0 bridgehead atoms. The van der Waals surface area contributed by atoms with Crippen molar-refractivity contribution in [3.8, 4) is 0 Å². The summed E-state index contributed by atoms with van der Waals surface area (Å²) in [5.41, 5.74) is 0. The summed E-state index contributed by atoms with van der Waals surface area (Å²) in [6, 6.07) is 0.793. The fraction of sp³-hybridized carbons (Fsp3) is 0.938. The molecule has 0 spiro atoms. The third-order valence-corrected chi connectivity index (χ3v) is 5.45. The Kier molecular flexibility index (Phi) is 12.0. The number of hydrogen-bond acceptors (Lipinski definition) is 3. The first-order valence-corrected chi connectivity index (χ1v) is 9.48. The molecule has 0 atom stereocenters. The van der Waals surface area contributed by atoms with Gasteiger partial charge in [0.15, 0.2) is 5.96 Å². The fourth-order valence-corrected chi connectivity index (χ4v) is 2.75. The van der Waals surface area contributed by atoms with Gasteiger partial charge < -0.3 is 15.5 Å². The lowest BCUT2D eigenvalue weighted by atomic mass is 10.2. The highest BCUT2D eigenvalue weighted by molar-refractivity contribution is 14.0. The molecule has 1 aliphatic rings. The largest absolute Gasteiger partial charge is 0.357 e. The molecule has 0 aromatic rings. The first-order valence-electron chi connectivity index (χ1n) is 8.26. The van der Waals surface area contributed by atoms with E-state index in [0.717, 1.165) is 38.2 Å². The highest BCUT2D eigenvalue weighted by Gasteiger charge is 2.19. The van der Waals surface area contributed by atoms with E-state index in [9.17, 15) is 0 Å². The lowest BCUT2D eigenvalue weighted by Gasteiger charge is -2.25. The minimum absolute atomic E-state index is 0. The fourth-order valence-electron chi connectivity index (χ4n) is 2.55. The summed E-state index contributed by atoms with van der Waals surface area (Å²) in [6.45, 7) is 10.4. The predicted octanol–water partition coefficient (Wildman–Crippen LogP) is 3.18. The smallest absolute Gasteiger partial charge is 0.191 e. The maximum absolute atomic E-state index is 4.71. The van der Waals surface area contributed by atoms with Gasteiger partial charge in [0.25, 0.3) is 0 Å². The third kappa shape index (κ3) is 8.82. The number of likely N-dealkylation sites (N-methyl/N-ethyl adjacent to an activating group) is 1. The molecule has 0 radical (unpaired) electrons. The second-order valence-electron chi connectivity index (χ2n) is 6.50. The average molecular weight is 442 g/mol. The Labute approximate surface area is 158 Å². The molecule has 0 aromatic carbocycles. The van der Waals surface area contributed by atoms with Gasteiger partial charge >= 0.3 is 0 Å². The second kappa shape index (κ2) is 11.8. The van der Waals surface area contributed by atoms with Gasteiger partial charge in [-0.3, -0.25) is 4.99 Å². The number of nitrogens with zero attached hydrogens (tertiary/aromatic N) is 2. The van der Waals surface area contributed by atoms with Gasteiger partial charge in [-0.15, -0.1) is 24.0 Å². The molecule has 1 saturated carbocycles. The number of guanidine groups is 1. The summed E-state index contributed by atoms with van der Waals surface area (Å²) in [4.78, 5) is 7.20. The van der Waals surface area contributed by atoms with Crippen LogP contribution in [0.5, 0.6) is 0 Å². The molecule has 0 unspecified atom stereocenters. The molecule has 2 N–H and O–H groups in total. The van der Waals surface area contributed by atoms with E-state index in [2.05, 4.69) is 49.6 Å². The number of halogens is 1. The van der Waals surface area contributed by atoms with E-state index in [-0.39, 0.29) is 28.7 Å². The Morgan fingerprint density at radius 1 is 1.27 bits per heavy atom. The predicted molar refractivity (Wildman–Crippen MR) is 112 cm³/mol. The number of thioether (sulfide) groups is 1. The molecule has 22 heavy (non-hydrogen) atoms. The van der Waals surface area contributed by atoms with E-state index in [1.807, 2.05) is 11.8 Å². The normalized spacial score (nSPS) is 16.7. The standard InChI is InChI=1S/C16H34N4S.HI/c1-6-17-15(19-13-16(2,3)21-5)18-11-12-20(4)14-9-7-8-10-14;/h14H,6-13H2,1-5H3,(H2,17,18,19);1H. The quantitative estimate of drug-likeness (QED) is 0.344. The Hall–Kier alpha value is 0.310. The highest BCUT2D eigenvalue weighted by Crippen LogP contribution is 2.22. The van der Waals surface area contributed by atoms with Crippen molar-refractivity contribution in [3.63, 3.8) is 0 Å². The summed E-state index contributed by atoms with van der Waals surface area (Å²) in [5.74, 6) is 0.944. The van der Waals surface area contributed by atoms with Crippen LogP contribution in [0.1, 0.15) is 46.5 Å². The molecule has 132 valence electrons. The van der Waals surface area contributed by atoms with Gasteiger partial charge in [-0.1, -0.05) is 12.8 Å². The van der Waals surface area contributed by atoms with Crippen LogP contribution in [0.3, 0.4) is 0 Å². The summed E-state index contributed by atoms with van der Waals surface area (Å²) >= 11 is 1.86. The monoisotopic (exact) mass is 442 g/mol. The summed E-state index contributed by atoms with van der Waals surface area (Å²) in [7, 11) is 2.25. The lowest BCUT2D eigenvalue weighted by Crippen LogP contribution is -2.43. The van der Waals surface area contributed by atoms with E-state index >= 15 is 0 Å². The van der Waals surface area contributed by atoms with Crippen molar-refractivity contribution in [2.75, 3.05) is 39.5 Å². The molecule has 0 aliphatic heterocycles. The summed E-state index contributed by atoms with van der Waals surface area (Å²) in [5, 5.41) is 6.79. The summed E-state index contributed by atoms with van der Waals surface area (Å²) in [6.07, 6.45) is 7.68. The molecule has 0 amide bonds. The maximum atomic E-state index is 4.71. The molecule has 4 nitrogen and oxygen atoms in total. The Morgan fingerprint density at radius 3 is 2.45 bits per heavy atom. The van der Waals surface area contributed by atoms with Crippen LogP contribution in [0.15, 0.2) is 4.99 Å². The molecule has 0 aromatic heterocycles. The van der Waals surface area contributed by atoms with Crippen LogP contribution in [0.4, 0.5) is 0 Å². The molecule has 1 fully saturated rings. The van der Waals surface area contributed by atoms with Gasteiger partial charge in [0, 0.05) is 30.4 Å². The Bertz CT molecular complexity index is 317. The minimum atomic E-state index is 0. The van der Waals surface area contributed by atoms with Gasteiger partial charge in [-0.25, -0.2) is 0 Å². The molecule has 0 saturated heterocycles.